The summed E-state index contributed by atoms with van der Waals surface area (Å²) < 4.78 is 12.9. The SMILES string of the molecule is OCCc1ccc(O)c(O)c1F. The molecule has 1 aromatic carbocycles. The minimum Gasteiger partial charge on any atom is -0.504 e. The van der Waals surface area contributed by atoms with E-state index in [9.17, 15) is 4.39 Å². The Morgan fingerprint density at radius 2 is 1.92 bits per heavy atom. The van der Waals surface area contributed by atoms with Gasteiger partial charge in [0.05, 0.1) is 0 Å². The molecule has 0 spiro atoms. The van der Waals surface area contributed by atoms with E-state index in [1.165, 1.54) is 12.1 Å². The first-order valence-corrected chi connectivity index (χ1v) is 3.47. The van der Waals surface area contributed by atoms with Gasteiger partial charge in [-0.3, -0.25) is 0 Å². The van der Waals surface area contributed by atoms with E-state index in [0.717, 1.165) is 0 Å². The molecule has 0 fully saturated rings. The number of phenols is 2. The number of rotatable bonds is 2. The fourth-order valence-electron chi connectivity index (χ4n) is 0.910. The summed E-state index contributed by atoms with van der Waals surface area (Å²) >= 11 is 0. The minimum atomic E-state index is -0.871. The van der Waals surface area contributed by atoms with Crippen LogP contribution in [0.15, 0.2) is 12.1 Å². The quantitative estimate of drug-likeness (QED) is 0.577. The number of benzene rings is 1. The van der Waals surface area contributed by atoms with Crippen molar-refractivity contribution in [3.8, 4) is 11.5 Å². The van der Waals surface area contributed by atoms with Crippen LogP contribution in [0.25, 0.3) is 0 Å². The second-order valence-corrected chi connectivity index (χ2v) is 2.38. The summed E-state index contributed by atoms with van der Waals surface area (Å²) in [5.74, 6) is -2.13. The molecule has 0 aliphatic carbocycles. The third-order valence-corrected chi connectivity index (χ3v) is 1.56. The Morgan fingerprint density at radius 3 is 2.50 bits per heavy atom. The molecule has 0 atom stereocenters. The summed E-state index contributed by atoms with van der Waals surface area (Å²) in [4.78, 5) is 0. The zero-order chi connectivity index (χ0) is 9.14. The van der Waals surface area contributed by atoms with Crippen molar-refractivity contribution in [2.75, 3.05) is 6.61 Å². The third kappa shape index (κ3) is 1.48. The number of aliphatic hydroxyl groups is 1. The average molecular weight is 172 g/mol. The number of aromatic hydroxyl groups is 2. The molecule has 0 aliphatic rings. The standard InChI is InChI=1S/C8H9FO3/c9-7-5(3-4-10)1-2-6(11)8(7)12/h1-2,10-12H,3-4H2. The summed E-state index contributed by atoms with van der Waals surface area (Å²) in [6.45, 7) is -0.193. The van der Waals surface area contributed by atoms with Crippen molar-refractivity contribution in [2.45, 2.75) is 6.42 Å². The van der Waals surface area contributed by atoms with Crippen LogP contribution < -0.4 is 0 Å². The van der Waals surface area contributed by atoms with Crippen molar-refractivity contribution in [1.82, 2.24) is 0 Å². The van der Waals surface area contributed by atoms with Crippen molar-refractivity contribution in [1.29, 1.82) is 0 Å². The molecule has 4 heteroatoms. The van der Waals surface area contributed by atoms with Gasteiger partial charge in [0.25, 0.3) is 0 Å². The Labute approximate surface area is 68.7 Å². The number of phenolic OH excluding ortho intramolecular Hbond substituents is 2. The van der Waals surface area contributed by atoms with Crippen LogP contribution >= 0.6 is 0 Å². The lowest BCUT2D eigenvalue weighted by Crippen LogP contribution is -1.94. The van der Waals surface area contributed by atoms with Crippen LogP contribution in [0.4, 0.5) is 4.39 Å². The van der Waals surface area contributed by atoms with E-state index < -0.39 is 17.3 Å². The Morgan fingerprint density at radius 1 is 1.25 bits per heavy atom. The van der Waals surface area contributed by atoms with Crippen molar-refractivity contribution < 1.29 is 19.7 Å². The lowest BCUT2D eigenvalue weighted by atomic mass is 10.1. The van der Waals surface area contributed by atoms with Gasteiger partial charge in [0.2, 0.25) is 0 Å². The van der Waals surface area contributed by atoms with Crippen LogP contribution in [-0.4, -0.2) is 21.9 Å². The Balaban J connectivity index is 3.08. The van der Waals surface area contributed by atoms with Crippen LogP contribution in [0.5, 0.6) is 11.5 Å². The van der Waals surface area contributed by atoms with Gasteiger partial charge >= 0.3 is 0 Å². The van der Waals surface area contributed by atoms with Crippen molar-refractivity contribution in [3.05, 3.63) is 23.5 Å². The largest absolute Gasteiger partial charge is 0.504 e. The van der Waals surface area contributed by atoms with E-state index in [-0.39, 0.29) is 18.6 Å². The summed E-state index contributed by atoms with van der Waals surface area (Å²) in [5, 5.41) is 26.2. The molecule has 0 saturated carbocycles. The van der Waals surface area contributed by atoms with Gasteiger partial charge in [0, 0.05) is 6.61 Å². The molecule has 3 N–H and O–H groups in total. The zero-order valence-corrected chi connectivity index (χ0v) is 6.29. The monoisotopic (exact) mass is 172 g/mol. The van der Waals surface area contributed by atoms with Crippen LogP contribution in [0.3, 0.4) is 0 Å². The first kappa shape index (κ1) is 8.80. The average Bonchev–Trinajstić information content (AvgIpc) is 2.07. The fraction of sp³-hybridized carbons (Fsp3) is 0.250. The summed E-state index contributed by atoms with van der Waals surface area (Å²) in [5.41, 5.74) is 0.188. The highest BCUT2D eigenvalue weighted by molar-refractivity contribution is 5.42. The van der Waals surface area contributed by atoms with E-state index in [1.807, 2.05) is 0 Å². The minimum absolute atomic E-state index is 0.125. The Hall–Kier alpha value is -1.29. The second kappa shape index (κ2) is 3.40. The molecular formula is C8H9FO3. The normalized spacial score (nSPS) is 10.2. The van der Waals surface area contributed by atoms with Gasteiger partial charge < -0.3 is 15.3 Å². The van der Waals surface area contributed by atoms with Gasteiger partial charge in [-0.1, -0.05) is 6.07 Å². The summed E-state index contributed by atoms with van der Waals surface area (Å²) in [7, 11) is 0. The molecule has 1 aromatic rings. The highest BCUT2D eigenvalue weighted by atomic mass is 19.1. The smallest absolute Gasteiger partial charge is 0.194 e. The van der Waals surface area contributed by atoms with Gasteiger partial charge in [0.1, 0.15) is 0 Å². The molecule has 0 aliphatic heterocycles. The first-order valence-electron chi connectivity index (χ1n) is 3.47. The molecule has 0 amide bonds. The maximum absolute atomic E-state index is 12.9. The van der Waals surface area contributed by atoms with Gasteiger partial charge in [-0.05, 0) is 18.1 Å². The first-order chi connectivity index (χ1) is 5.66. The van der Waals surface area contributed by atoms with Gasteiger partial charge in [-0.2, -0.15) is 0 Å². The number of aliphatic hydroxyl groups excluding tert-OH is 1. The molecule has 0 unspecified atom stereocenters. The van der Waals surface area contributed by atoms with Gasteiger partial charge in [-0.15, -0.1) is 0 Å². The van der Waals surface area contributed by atoms with Gasteiger partial charge in [0.15, 0.2) is 17.3 Å². The second-order valence-electron chi connectivity index (χ2n) is 2.38. The van der Waals surface area contributed by atoms with E-state index in [0.29, 0.717) is 0 Å². The van der Waals surface area contributed by atoms with E-state index in [2.05, 4.69) is 0 Å². The van der Waals surface area contributed by atoms with Crippen molar-refractivity contribution in [3.63, 3.8) is 0 Å². The molecule has 12 heavy (non-hydrogen) atoms. The molecule has 1 rings (SSSR count). The van der Waals surface area contributed by atoms with Gasteiger partial charge in [-0.25, -0.2) is 4.39 Å². The lowest BCUT2D eigenvalue weighted by molar-refractivity contribution is 0.296. The molecule has 0 saturated heterocycles. The topological polar surface area (TPSA) is 60.7 Å². The molecule has 0 radical (unpaired) electrons. The Kier molecular flexibility index (Phi) is 2.50. The molecule has 66 valence electrons. The maximum atomic E-state index is 12.9. The lowest BCUT2D eigenvalue weighted by Gasteiger charge is -2.03. The number of hydrogen-bond acceptors (Lipinski definition) is 3. The number of hydrogen-bond donors (Lipinski definition) is 3. The molecular weight excluding hydrogens is 163 g/mol. The highest BCUT2D eigenvalue weighted by Crippen LogP contribution is 2.29. The maximum Gasteiger partial charge on any atom is 0.194 e. The van der Waals surface area contributed by atoms with Crippen LogP contribution in [-0.2, 0) is 6.42 Å². The molecule has 3 nitrogen and oxygen atoms in total. The predicted octanol–water partition coefficient (Wildman–Crippen LogP) is 0.772. The van der Waals surface area contributed by atoms with Crippen LogP contribution in [0.2, 0.25) is 0 Å². The van der Waals surface area contributed by atoms with E-state index in [4.69, 9.17) is 15.3 Å². The van der Waals surface area contributed by atoms with Crippen molar-refractivity contribution in [2.24, 2.45) is 0 Å². The Bertz CT molecular complexity index is 286. The number of halogens is 1. The van der Waals surface area contributed by atoms with Crippen molar-refractivity contribution >= 4 is 0 Å². The van der Waals surface area contributed by atoms with E-state index >= 15 is 0 Å². The predicted molar refractivity (Wildman–Crippen MR) is 40.5 cm³/mol. The fourth-order valence-corrected chi connectivity index (χ4v) is 0.910. The third-order valence-electron chi connectivity index (χ3n) is 1.56. The molecule has 0 bridgehead atoms. The van der Waals surface area contributed by atoms with Crippen LogP contribution in [0, 0.1) is 5.82 Å². The molecule has 0 heterocycles. The van der Waals surface area contributed by atoms with E-state index in [1.54, 1.807) is 0 Å². The van der Waals surface area contributed by atoms with Crippen LogP contribution in [0.1, 0.15) is 5.56 Å². The zero-order valence-electron chi connectivity index (χ0n) is 6.29. The molecule has 0 aromatic heterocycles. The summed E-state index contributed by atoms with van der Waals surface area (Å²) in [6, 6.07) is 2.50. The summed E-state index contributed by atoms with van der Waals surface area (Å²) in [6.07, 6.45) is 0.125. The highest BCUT2D eigenvalue weighted by Gasteiger charge is 2.10.